The molecular formula is C16H16NO2. The molecule has 0 unspecified atom stereocenters. The lowest BCUT2D eigenvalue weighted by molar-refractivity contribution is -0.116. The first-order valence-corrected chi connectivity index (χ1v) is 6.12. The van der Waals surface area contributed by atoms with Gasteiger partial charge in [0.15, 0.2) is 5.78 Å². The van der Waals surface area contributed by atoms with E-state index in [1.54, 1.807) is 30.7 Å². The molecule has 3 N–H and O–H groups in total. The molecule has 1 atom stereocenters. The predicted molar refractivity (Wildman–Crippen MR) is 74.6 cm³/mol. The number of phenolic OH excluding ortho intramolecular Hbond substituents is 1. The van der Waals surface area contributed by atoms with Gasteiger partial charge in [0.25, 0.3) is 0 Å². The van der Waals surface area contributed by atoms with Crippen molar-refractivity contribution in [1.82, 2.24) is 0 Å². The summed E-state index contributed by atoms with van der Waals surface area (Å²) in [6, 6.07) is 15.5. The van der Waals surface area contributed by atoms with Crippen LogP contribution in [-0.4, -0.2) is 16.9 Å². The molecule has 0 amide bonds. The first-order chi connectivity index (χ1) is 9.15. The summed E-state index contributed by atoms with van der Waals surface area (Å²) in [5, 5.41) is 9.19. The maximum absolute atomic E-state index is 12.0. The Labute approximate surface area is 112 Å². The Balaban J connectivity index is 1.94. The summed E-state index contributed by atoms with van der Waals surface area (Å²) >= 11 is 0. The molecule has 3 nitrogen and oxygen atoms in total. The van der Waals surface area contributed by atoms with Crippen LogP contribution in [-0.2, 0) is 11.2 Å². The van der Waals surface area contributed by atoms with Gasteiger partial charge in [-0.05, 0) is 29.7 Å². The van der Waals surface area contributed by atoms with Crippen LogP contribution in [0.25, 0.3) is 0 Å². The third-order valence-corrected chi connectivity index (χ3v) is 2.87. The Morgan fingerprint density at radius 3 is 2.37 bits per heavy atom. The van der Waals surface area contributed by atoms with Gasteiger partial charge in [0.2, 0.25) is 0 Å². The Kier molecular flexibility index (Phi) is 4.31. The van der Waals surface area contributed by atoms with E-state index in [9.17, 15) is 9.90 Å². The second-order valence-electron chi connectivity index (χ2n) is 4.43. The first kappa shape index (κ1) is 13.3. The number of rotatable bonds is 5. The normalized spacial score (nSPS) is 12.1. The van der Waals surface area contributed by atoms with Crippen molar-refractivity contribution >= 4 is 5.78 Å². The Bertz CT molecular complexity index is 534. The van der Waals surface area contributed by atoms with Gasteiger partial charge in [0.05, 0.1) is 12.5 Å². The van der Waals surface area contributed by atoms with Crippen molar-refractivity contribution in [2.45, 2.75) is 12.5 Å². The topological polar surface area (TPSA) is 63.3 Å². The molecule has 0 fully saturated rings. The number of carbonyl (C=O) groups is 1. The van der Waals surface area contributed by atoms with Crippen LogP contribution >= 0.6 is 0 Å². The van der Waals surface area contributed by atoms with E-state index in [2.05, 4.69) is 0 Å². The highest BCUT2D eigenvalue weighted by molar-refractivity contribution is 5.94. The molecule has 19 heavy (non-hydrogen) atoms. The monoisotopic (exact) mass is 254 g/mol. The van der Waals surface area contributed by atoms with Gasteiger partial charge in [0, 0.05) is 0 Å². The molecule has 1 radical (unpaired) electrons. The molecule has 2 aromatic rings. The molecule has 0 aliphatic heterocycles. The highest BCUT2D eigenvalue weighted by atomic mass is 16.3. The molecule has 0 aliphatic rings. The van der Waals surface area contributed by atoms with Crippen LogP contribution in [0.5, 0.6) is 5.75 Å². The van der Waals surface area contributed by atoms with Gasteiger partial charge >= 0.3 is 0 Å². The minimum absolute atomic E-state index is 0.0979. The molecule has 0 bridgehead atoms. The van der Waals surface area contributed by atoms with E-state index < -0.39 is 6.04 Å². The van der Waals surface area contributed by atoms with E-state index in [0.29, 0.717) is 6.42 Å². The number of nitrogens with two attached hydrogens (primary N) is 1. The van der Waals surface area contributed by atoms with E-state index >= 15 is 0 Å². The minimum Gasteiger partial charge on any atom is -0.508 e. The lowest BCUT2D eigenvalue weighted by Gasteiger charge is -2.10. The van der Waals surface area contributed by atoms with Crippen molar-refractivity contribution in [2.24, 2.45) is 5.73 Å². The van der Waals surface area contributed by atoms with Gasteiger partial charge in [-0.1, -0.05) is 42.5 Å². The van der Waals surface area contributed by atoms with Crippen LogP contribution in [0.15, 0.2) is 54.6 Å². The average Bonchev–Trinajstić information content (AvgIpc) is 2.42. The Morgan fingerprint density at radius 1 is 1.11 bits per heavy atom. The van der Waals surface area contributed by atoms with Crippen LogP contribution in [0.1, 0.15) is 11.1 Å². The van der Waals surface area contributed by atoms with Crippen molar-refractivity contribution in [2.75, 3.05) is 0 Å². The van der Waals surface area contributed by atoms with Gasteiger partial charge in [-0.15, -0.1) is 0 Å². The van der Waals surface area contributed by atoms with Crippen molar-refractivity contribution in [3.05, 3.63) is 72.1 Å². The van der Waals surface area contributed by atoms with E-state index in [1.165, 1.54) is 0 Å². The van der Waals surface area contributed by atoms with Crippen LogP contribution in [0.2, 0.25) is 0 Å². The molecule has 0 spiro atoms. The van der Waals surface area contributed by atoms with Crippen LogP contribution in [0, 0.1) is 6.42 Å². The predicted octanol–water partition coefficient (Wildman–Crippen LogP) is 2.08. The van der Waals surface area contributed by atoms with E-state index in [-0.39, 0.29) is 11.5 Å². The molecule has 0 saturated heterocycles. The summed E-state index contributed by atoms with van der Waals surface area (Å²) in [6.45, 7) is 0. The maximum Gasteiger partial charge on any atom is 0.158 e. The molecule has 0 aliphatic carbocycles. The highest BCUT2D eigenvalue weighted by Crippen LogP contribution is 2.12. The van der Waals surface area contributed by atoms with Crippen molar-refractivity contribution in [1.29, 1.82) is 0 Å². The molecule has 2 rings (SSSR count). The molecule has 0 aromatic heterocycles. The molecule has 0 heterocycles. The second-order valence-corrected chi connectivity index (χ2v) is 4.43. The molecule has 97 valence electrons. The summed E-state index contributed by atoms with van der Waals surface area (Å²) in [5.74, 6) is 0.110. The number of hydrogen-bond donors (Lipinski definition) is 2. The SMILES string of the molecule is N[C@H](Cc1ccc(O)cc1)C(=O)[CH]c1ccccc1. The molecule has 0 saturated carbocycles. The standard InChI is InChI=1S/C16H16NO2/c17-15(10-13-6-8-14(18)9-7-13)16(19)11-12-4-2-1-3-5-12/h1-9,11,15,18H,10,17H2/t15-/m1/s1. The number of hydrogen-bond acceptors (Lipinski definition) is 3. The lowest BCUT2D eigenvalue weighted by atomic mass is 9.98. The molecule has 3 heteroatoms. The summed E-state index contributed by atoms with van der Waals surface area (Å²) in [4.78, 5) is 12.0. The van der Waals surface area contributed by atoms with E-state index in [0.717, 1.165) is 11.1 Å². The molecule has 2 aromatic carbocycles. The van der Waals surface area contributed by atoms with Crippen LogP contribution < -0.4 is 5.73 Å². The second kappa shape index (κ2) is 6.16. The third-order valence-electron chi connectivity index (χ3n) is 2.87. The van der Waals surface area contributed by atoms with Gasteiger partial charge in [0.1, 0.15) is 5.75 Å². The number of ketones is 1. The zero-order chi connectivity index (χ0) is 13.7. The summed E-state index contributed by atoms with van der Waals surface area (Å²) in [7, 11) is 0. The largest absolute Gasteiger partial charge is 0.508 e. The zero-order valence-electron chi connectivity index (χ0n) is 10.5. The average molecular weight is 254 g/mol. The first-order valence-electron chi connectivity index (χ1n) is 6.12. The third kappa shape index (κ3) is 3.93. The number of carbonyl (C=O) groups excluding carboxylic acids is 1. The lowest BCUT2D eigenvalue weighted by Crippen LogP contribution is -2.33. The van der Waals surface area contributed by atoms with Crippen molar-refractivity contribution < 1.29 is 9.90 Å². The van der Waals surface area contributed by atoms with Gasteiger partial charge in [-0.2, -0.15) is 0 Å². The Hall–Kier alpha value is -2.13. The number of benzene rings is 2. The quantitative estimate of drug-likeness (QED) is 0.858. The fraction of sp³-hybridized carbons (Fsp3) is 0.125. The zero-order valence-corrected chi connectivity index (χ0v) is 10.5. The van der Waals surface area contributed by atoms with Crippen molar-refractivity contribution in [3.63, 3.8) is 0 Å². The van der Waals surface area contributed by atoms with Gasteiger partial charge in [-0.3, -0.25) is 4.79 Å². The number of aromatic hydroxyl groups is 1. The van der Waals surface area contributed by atoms with Gasteiger partial charge in [-0.25, -0.2) is 0 Å². The highest BCUT2D eigenvalue weighted by Gasteiger charge is 2.14. The fourth-order valence-electron chi connectivity index (χ4n) is 1.81. The summed E-state index contributed by atoms with van der Waals surface area (Å²) in [5.41, 5.74) is 7.68. The minimum atomic E-state index is -0.565. The summed E-state index contributed by atoms with van der Waals surface area (Å²) in [6.07, 6.45) is 2.02. The number of Topliss-reactive ketones (excluding diaryl/α,β-unsaturated/α-hetero) is 1. The fourth-order valence-corrected chi connectivity index (χ4v) is 1.81. The summed E-state index contributed by atoms with van der Waals surface area (Å²) < 4.78 is 0. The smallest absolute Gasteiger partial charge is 0.158 e. The maximum atomic E-state index is 12.0. The van der Waals surface area contributed by atoms with E-state index in [4.69, 9.17) is 5.73 Å². The molecular weight excluding hydrogens is 238 g/mol. The number of phenols is 1. The van der Waals surface area contributed by atoms with Gasteiger partial charge < -0.3 is 10.8 Å². The van der Waals surface area contributed by atoms with Crippen molar-refractivity contribution in [3.8, 4) is 5.75 Å². The van der Waals surface area contributed by atoms with Crippen LogP contribution in [0.3, 0.4) is 0 Å². The van der Waals surface area contributed by atoms with E-state index in [1.807, 2.05) is 30.3 Å². The Morgan fingerprint density at radius 2 is 1.74 bits per heavy atom. The van der Waals surface area contributed by atoms with Crippen LogP contribution in [0.4, 0.5) is 0 Å².